The van der Waals surface area contributed by atoms with Crippen molar-refractivity contribution in [3.05, 3.63) is 71.3 Å². The van der Waals surface area contributed by atoms with Gasteiger partial charge >= 0.3 is 0 Å². The molecule has 2 atom stereocenters. The molecule has 0 radical (unpaired) electrons. The van der Waals surface area contributed by atoms with Crippen molar-refractivity contribution in [2.45, 2.75) is 18.5 Å². The highest BCUT2D eigenvalue weighted by atomic mass is 17.2. The summed E-state index contributed by atoms with van der Waals surface area (Å²) in [6.45, 7) is 0. The molecule has 0 amide bonds. The van der Waals surface area contributed by atoms with Crippen LogP contribution in [0.3, 0.4) is 0 Å². The Morgan fingerprint density at radius 1 is 1.10 bits per heavy atom. The van der Waals surface area contributed by atoms with Gasteiger partial charge in [0.2, 0.25) is 12.1 Å². The van der Waals surface area contributed by atoms with Gasteiger partial charge in [0.15, 0.2) is 0 Å². The lowest BCUT2D eigenvalue weighted by Crippen LogP contribution is -2.31. The van der Waals surface area contributed by atoms with Gasteiger partial charge in [-0.1, -0.05) is 54.6 Å². The molecule has 0 aliphatic carbocycles. The van der Waals surface area contributed by atoms with Crippen molar-refractivity contribution in [2.75, 3.05) is 7.11 Å². The quantitative estimate of drug-likeness (QED) is 0.854. The van der Waals surface area contributed by atoms with E-state index in [4.69, 9.17) is 14.5 Å². The maximum absolute atomic E-state index is 10.8. The molecule has 1 heterocycles. The molecule has 104 valence electrons. The Labute approximate surface area is 117 Å². The van der Waals surface area contributed by atoms with E-state index in [9.17, 15) is 5.11 Å². The van der Waals surface area contributed by atoms with Crippen LogP contribution in [0.1, 0.15) is 23.0 Å². The Morgan fingerprint density at radius 3 is 2.55 bits per heavy atom. The Kier molecular flexibility index (Phi) is 3.54. The average Bonchev–Trinajstić information content (AvgIpc) is 2.65. The summed E-state index contributed by atoms with van der Waals surface area (Å²) in [5.74, 6) is -1.52. The zero-order valence-electron chi connectivity index (χ0n) is 11.2. The van der Waals surface area contributed by atoms with Crippen LogP contribution < -0.4 is 0 Å². The molecule has 0 bridgehead atoms. The molecule has 3 rings (SSSR count). The van der Waals surface area contributed by atoms with E-state index < -0.39 is 12.1 Å². The monoisotopic (exact) mass is 272 g/mol. The van der Waals surface area contributed by atoms with E-state index in [1.165, 1.54) is 7.11 Å². The third-order valence-corrected chi connectivity index (χ3v) is 3.45. The number of ether oxygens (including phenoxy) is 1. The van der Waals surface area contributed by atoms with Gasteiger partial charge in [0, 0.05) is 24.7 Å². The predicted octanol–water partition coefficient (Wildman–Crippen LogP) is 2.68. The van der Waals surface area contributed by atoms with Crippen LogP contribution in [-0.2, 0) is 26.7 Å². The first kappa shape index (κ1) is 13.3. The normalized spacial score (nSPS) is 25.8. The fraction of sp³-hybridized carbons (Fsp3) is 0.250. The first-order valence-electron chi connectivity index (χ1n) is 6.46. The zero-order valence-corrected chi connectivity index (χ0v) is 11.2. The molecule has 1 aliphatic rings. The van der Waals surface area contributed by atoms with Crippen molar-refractivity contribution in [2.24, 2.45) is 0 Å². The largest absolute Gasteiger partial charge is 0.359 e. The van der Waals surface area contributed by atoms with Crippen LogP contribution in [0, 0.1) is 0 Å². The molecule has 20 heavy (non-hydrogen) atoms. The number of rotatable bonds is 2. The number of hydrogen-bond donors (Lipinski definition) is 1. The fourth-order valence-electron chi connectivity index (χ4n) is 2.40. The zero-order chi connectivity index (χ0) is 14.0. The second-order valence-corrected chi connectivity index (χ2v) is 4.77. The van der Waals surface area contributed by atoms with Crippen molar-refractivity contribution in [3.63, 3.8) is 0 Å². The van der Waals surface area contributed by atoms with Gasteiger partial charge in [-0.2, -0.15) is 9.78 Å². The number of aliphatic hydroxyl groups is 1. The van der Waals surface area contributed by atoms with Gasteiger partial charge in [-0.15, -0.1) is 0 Å². The Balaban J connectivity index is 2.02. The van der Waals surface area contributed by atoms with Crippen LogP contribution in [0.2, 0.25) is 0 Å². The summed E-state index contributed by atoms with van der Waals surface area (Å²) in [5.41, 5.74) is 2.44. The molecule has 2 unspecified atom stereocenters. The SMILES string of the molecule is COC1OOC(O)(c2ccccc2)Cc2ccccc21. The van der Waals surface area contributed by atoms with E-state index in [-0.39, 0.29) is 0 Å². The summed E-state index contributed by atoms with van der Waals surface area (Å²) in [4.78, 5) is 10.6. The van der Waals surface area contributed by atoms with Gasteiger partial charge in [0.25, 0.3) is 0 Å². The molecule has 0 spiro atoms. The fourth-order valence-corrected chi connectivity index (χ4v) is 2.40. The molecule has 4 nitrogen and oxygen atoms in total. The van der Waals surface area contributed by atoms with Gasteiger partial charge in [0.1, 0.15) is 0 Å². The van der Waals surface area contributed by atoms with Crippen LogP contribution >= 0.6 is 0 Å². The summed E-state index contributed by atoms with van der Waals surface area (Å²) in [6.07, 6.45) is -0.350. The summed E-state index contributed by atoms with van der Waals surface area (Å²) in [6, 6.07) is 16.9. The van der Waals surface area contributed by atoms with Gasteiger partial charge in [-0.25, -0.2) is 0 Å². The molecule has 0 saturated heterocycles. The number of methoxy groups -OCH3 is 1. The number of fused-ring (bicyclic) bond motifs is 1. The van der Waals surface area contributed by atoms with Gasteiger partial charge in [-0.05, 0) is 5.56 Å². The number of hydrogen-bond acceptors (Lipinski definition) is 4. The van der Waals surface area contributed by atoms with Crippen molar-refractivity contribution in [3.8, 4) is 0 Å². The van der Waals surface area contributed by atoms with Crippen LogP contribution in [0.15, 0.2) is 54.6 Å². The molecule has 4 heteroatoms. The third-order valence-electron chi connectivity index (χ3n) is 3.45. The minimum absolute atomic E-state index is 0.299. The summed E-state index contributed by atoms with van der Waals surface area (Å²) >= 11 is 0. The minimum Gasteiger partial charge on any atom is -0.359 e. The second kappa shape index (κ2) is 5.34. The van der Waals surface area contributed by atoms with Crippen molar-refractivity contribution in [1.82, 2.24) is 0 Å². The van der Waals surface area contributed by atoms with E-state index in [1.807, 2.05) is 42.5 Å². The maximum atomic E-state index is 10.8. The first-order valence-corrected chi connectivity index (χ1v) is 6.46. The van der Waals surface area contributed by atoms with Gasteiger partial charge in [0.05, 0.1) is 0 Å². The first-order chi connectivity index (χ1) is 9.73. The summed E-state index contributed by atoms with van der Waals surface area (Å²) < 4.78 is 5.27. The molecular weight excluding hydrogens is 256 g/mol. The van der Waals surface area contributed by atoms with Gasteiger partial charge in [-0.3, -0.25) is 0 Å². The molecule has 0 aromatic heterocycles. The lowest BCUT2D eigenvalue weighted by molar-refractivity contribution is -0.470. The minimum atomic E-state index is -1.52. The standard InChI is InChI=1S/C16H16O4/c1-18-15-14-10-6-5-7-12(14)11-16(17,20-19-15)13-8-3-2-4-9-13/h2-10,15,17H,11H2,1H3. The highest BCUT2D eigenvalue weighted by Gasteiger charge is 2.38. The molecule has 0 fully saturated rings. The Morgan fingerprint density at radius 2 is 1.80 bits per heavy atom. The van der Waals surface area contributed by atoms with E-state index in [1.54, 1.807) is 12.1 Å². The lowest BCUT2D eigenvalue weighted by atomic mass is 9.95. The van der Waals surface area contributed by atoms with E-state index in [0.717, 1.165) is 11.1 Å². The van der Waals surface area contributed by atoms with E-state index >= 15 is 0 Å². The van der Waals surface area contributed by atoms with Crippen LogP contribution in [0.4, 0.5) is 0 Å². The summed E-state index contributed by atoms with van der Waals surface area (Å²) in [7, 11) is 1.54. The Hall–Kier alpha value is -1.72. The lowest BCUT2D eigenvalue weighted by Gasteiger charge is -2.25. The second-order valence-electron chi connectivity index (χ2n) is 4.77. The van der Waals surface area contributed by atoms with E-state index in [0.29, 0.717) is 12.0 Å². The Bertz CT molecular complexity index is 584. The molecule has 2 aromatic rings. The molecule has 2 aromatic carbocycles. The van der Waals surface area contributed by atoms with Crippen LogP contribution in [0.25, 0.3) is 0 Å². The smallest absolute Gasteiger partial charge is 0.229 e. The maximum Gasteiger partial charge on any atom is 0.229 e. The highest BCUT2D eigenvalue weighted by molar-refractivity contribution is 5.32. The third kappa shape index (κ3) is 2.34. The van der Waals surface area contributed by atoms with Crippen LogP contribution in [0.5, 0.6) is 0 Å². The van der Waals surface area contributed by atoms with Crippen LogP contribution in [-0.4, -0.2) is 12.2 Å². The van der Waals surface area contributed by atoms with Crippen molar-refractivity contribution in [1.29, 1.82) is 0 Å². The topological polar surface area (TPSA) is 47.9 Å². The van der Waals surface area contributed by atoms with Crippen molar-refractivity contribution >= 4 is 0 Å². The van der Waals surface area contributed by atoms with E-state index in [2.05, 4.69) is 0 Å². The molecule has 1 N–H and O–H groups in total. The number of benzene rings is 2. The highest BCUT2D eigenvalue weighted by Crippen LogP contribution is 2.36. The predicted molar refractivity (Wildman–Crippen MR) is 72.4 cm³/mol. The summed E-state index contributed by atoms with van der Waals surface area (Å²) in [5, 5.41) is 10.8. The molecule has 1 aliphatic heterocycles. The average molecular weight is 272 g/mol. The van der Waals surface area contributed by atoms with Crippen molar-refractivity contribution < 1.29 is 19.6 Å². The molecular formula is C16H16O4. The molecule has 0 saturated carbocycles. The van der Waals surface area contributed by atoms with Gasteiger partial charge < -0.3 is 9.84 Å².